The van der Waals surface area contributed by atoms with Crippen LogP contribution in [0.25, 0.3) is 21.9 Å². The lowest BCUT2D eigenvalue weighted by Gasteiger charge is -2.33. The first kappa shape index (κ1) is 13.3. The maximum Gasteiger partial charge on any atom is 0.156 e. The van der Waals surface area contributed by atoms with E-state index in [9.17, 15) is 0 Å². The molecule has 114 valence electrons. The molecule has 0 bridgehead atoms. The Bertz CT molecular complexity index is 820. The molecule has 6 nitrogen and oxygen atoms in total. The van der Waals surface area contributed by atoms with Crippen LogP contribution in [0.2, 0.25) is 0 Å². The highest BCUT2D eigenvalue weighted by molar-refractivity contribution is 6.11. The fourth-order valence-electron chi connectivity index (χ4n) is 3.12. The average molecular weight is 297 g/mol. The van der Waals surface area contributed by atoms with Gasteiger partial charge in [0.1, 0.15) is 23.1 Å². The number of likely N-dealkylation sites (N-methyl/N-ethyl adjacent to an activating group) is 1. The number of rotatable bonds is 2. The number of hydrogen-bond donors (Lipinski definition) is 1. The van der Waals surface area contributed by atoms with E-state index in [4.69, 9.17) is 4.74 Å². The minimum absolute atomic E-state index is 0.840. The quantitative estimate of drug-likeness (QED) is 0.782. The molecule has 3 heterocycles. The zero-order valence-corrected chi connectivity index (χ0v) is 12.8. The summed E-state index contributed by atoms with van der Waals surface area (Å²) in [6, 6.07) is 6.00. The van der Waals surface area contributed by atoms with Gasteiger partial charge in [0.2, 0.25) is 0 Å². The first-order valence-corrected chi connectivity index (χ1v) is 7.51. The number of nitrogens with one attached hydrogen (secondary N) is 1. The molecule has 0 spiro atoms. The molecule has 0 saturated carbocycles. The third kappa shape index (κ3) is 1.99. The maximum atomic E-state index is 5.49. The Labute approximate surface area is 128 Å². The zero-order valence-electron chi connectivity index (χ0n) is 12.8. The molecule has 0 amide bonds. The van der Waals surface area contributed by atoms with E-state index in [1.54, 1.807) is 13.4 Å². The normalized spacial score (nSPS) is 16.5. The van der Waals surface area contributed by atoms with Crippen molar-refractivity contribution in [3.8, 4) is 5.75 Å². The Kier molecular flexibility index (Phi) is 3.11. The Balaban J connectivity index is 1.90. The number of fused-ring (bicyclic) bond motifs is 3. The number of methoxy groups -OCH3 is 1. The van der Waals surface area contributed by atoms with E-state index < -0.39 is 0 Å². The van der Waals surface area contributed by atoms with Gasteiger partial charge in [0.05, 0.1) is 18.0 Å². The number of aromatic amines is 1. The van der Waals surface area contributed by atoms with E-state index in [1.165, 1.54) is 0 Å². The number of piperazine rings is 1. The molecule has 3 aromatic rings. The smallest absolute Gasteiger partial charge is 0.156 e. The third-order valence-electron chi connectivity index (χ3n) is 4.37. The molecule has 0 radical (unpaired) electrons. The van der Waals surface area contributed by atoms with Gasteiger partial charge in [0.15, 0.2) is 5.82 Å². The molecule has 2 aromatic heterocycles. The van der Waals surface area contributed by atoms with Crippen LogP contribution in [0.4, 0.5) is 5.82 Å². The van der Waals surface area contributed by atoms with Gasteiger partial charge in [0, 0.05) is 26.2 Å². The van der Waals surface area contributed by atoms with Crippen LogP contribution in [0.1, 0.15) is 0 Å². The van der Waals surface area contributed by atoms with Gasteiger partial charge in [-0.15, -0.1) is 0 Å². The highest BCUT2D eigenvalue weighted by Gasteiger charge is 2.20. The maximum absolute atomic E-state index is 5.49. The van der Waals surface area contributed by atoms with Gasteiger partial charge in [0.25, 0.3) is 0 Å². The van der Waals surface area contributed by atoms with Crippen molar-refractivity contribution in [2.24, 2.45) is 0 Å². The van der Waals surface area contributed by atoms with Crippen molar-refractivity contribution in [1.82, 2.24) is 19.9 Å². The van der Waals surface area contributed by atoms with Crippen LogP contribution in [-0.4, -0.2) is 60.2 Å². The zero-order chi connectivity index (χ0) is 15.1. The molecular formula is C16H19N5O. The largest absolute Gasteiger partial charge is 0.496 e. The Morgan fingerprint density at radius 2 is 1.95 bits per heavy atom. The van der Waals surface area contributed by atoms with Gasteiger partial charge in [-0.3, -0.25) is 0 Å². The second kappa shape index (κ2) is 5.14. The van der Waals surface area contributed by atoms with Gasteiger partial charge < -0.3 is 19.5 Å². The topological polar surface area (TPSA) is 57.3 Å². The van der Waals surface area contributed by atoms with E-state index in [0.717, 1.165) is 59.7 Å². The molecule has 0 aliphatic carbocycles. The number of hydrogen-bond acceptors (Lipinski definition) is 5. The standard InChI is InChI=1S/C16H19N5O/c1-20-6-8-21(9-7-20)16-15-14(17-10-18-16)13-11(19-15)4-3-5-12(13)22-2/h3-5,10,19H,6-9H2,1-2H3. The van der Waals surface area contributed by atoms with Crippen LogP contribution in [0.3, 0.4) is 0 Å². The second-order valence-electron chi connectivity index (χ2n) is 5.72. The third-order valence-corrected chi connectivity index (χ3v) is 4.37. The summed E-state index contributed by atoms with van der Waals surface area (Å²) in [5, 5.41) is 1.03. The summed E-state index contributed by atoms with van der Waals surface area (Å²) in [6.07, 6.45) is 1.65. The van der Waals surface area contributed by atoms with E-state index in [-0.39, 0.29) is 0 Å². The number of aromatic nitrogens is 3. The Hall–Kier alpha value is -2.34. The molecule has 6 heteroatoms. The van der Waals surface area contributed by atoms with E-state index >= 15 is 0 Å². The molecule has 4 rings (SSSR count). The summed E-state index contributed by atoms with van der Waals surface area (Å²) in [5.74, 6) is 1.82. The lowest BCUT2D eigenvalue weighted by molar-refractivity contribution is 0.312. The van der Waals surface area contributed by atoms with Gasteiger partial charge >= 0.3 is 0 Å². The van der Waals surface area contributed by atoms with Crippen LogP contribution in [0, 0.1) is 0 Å². The van der Waals surface area contributed by atoms with Crippen molar-refractivity contribution in [3.63, 3.8) is 0 Å². The van der Waals surface area contributed by atoms with E-state index in [1.807, 2.05) is 18.2 Å². The molecule has 1 fully saturated rings. The first-order valence-electron chi connectivity index (χ1n) is 7.51. The minimum atomic E-state index is 0.840. The fourth-order valence-corrected chi connectivity index (χ4v) is 3.12. The van der Waals surface area contributed by atoms with Crippen molar-refractivity contribution in [1.29, 1.82) is 0 Å². The summed E-state index contributed by atoms with van der Waals surface area (Å²) >= 11 is 0. The summed E-state index contributed by atoms with van der Waals surface area (Å²) in [6.45, 7) is 4.06. The molecule has 1 aliphatic heterocycles. The van der Waals surface area contributed by atoms with Crippen molar-refractivity contribution in [2.45, 2.75) is 0 Å². The number of nitrogens with zero attached hydrogens (tertiary/aromatic N) is 4. The monoisotopic (exact) mass is 297 g/mol. The Morgan fingerprint density at radius 3 is 2.73 bits per heavy atom. The molecule has 1 aromatic carbocycles. The van der Waals surface area contributed by atoms with E-state index in [0.29, 0.717) is 0 Å². The lowest BCUT2D eigenvalue weighted by Crippen LogP contribution is -2.44. The number of benzene rings is 1. The number of H-pyrrole nitrogens is 1. The predicted molar refractivity (Wildman–Crippen MR) is 87.7 cm³/mol. The van der Waals surface area contributed by atoms with E-state index in [2.05, 4.69) is 31.8 Å². The first-order chi connectivity index (χ1) is 10.8. The Morgan fingerprint density at radius 1 is 1.14 bits per heavy atom. The molecule has 1 saturated heterocycles. The van der Waals surface area contributed by atoms with Crippen molar-refractivity contribution < 1.29 is 4.74 Å². The van der Waals surface area contributed by atoms with Crippen molar-refractivity contribution in [3.05, 3.63) is 24.5 Å². The highest BCUT2D eigenvalue weighted by Crippen LogP contribution is 2.34. The molecule has 0 unspecified atom stereocenters. The molecule has 0 atom stereocenters. The van der Waals surface area contributed by atoms with Crippen molar-refractivity contribution in [2.75, 3.05) is 45.2 Å². The van der Waals surface area contributed by atoms with Gasteiger partial charge in [-0.25, -0.2) is 9.97 Å². The van der Waals surface area contributed by atoms with Crippen LogP contribution in [0.15, 0.2) is 24.5 Å². The van der Waals surface area contributed by atoms with Crippen LogP contribution in [-0.2, 0) is 0 Å². The average Bonchev–Trinajstić information content (AvgIpc) is 2.94. The van der Waals surface area contributed by atoms with Gasteiger partial charge in [-0.05, 0) is 19.2 Å². The fraction of sp³-hybridized carbons (Fsp3) is 0.375. The van der Waals surface area contributed by atoms with Gasteiger partial charge in [-0.1, -0.05) is 6.07 Å². The lowest BCUT2D eigenvalue weighted by atomic mass is 10.2. The molecule has 1 aliphatic rings. The second-order valence-corrected chi connectivity index (χ2v) is 5.72. The number of anilines is 1. The summed E-state index contributed by atoms with van der Waals surface area (Å²) in [4.78, 5) is 17.2. The summed E-state index contributed by atoms with van der Waals surface area (Å²) < 4.78 is 5.49. The SMILES string of the molecule is COc1cccc2[nH]c3c(N4CCN(C)CC4)ncnc3c12. The van der Waals surface area contributed by atoms with Crippen LogP contribution in [0.5, 0.6) is 5.75 Å². The molecular weight excluding hydrogens is 278 g/mol. The summed E-state index contributed by atoms with van der Waals surface area (Å²) in [7, 11) is 3.84. The summed E-state index contributed by atoms with van der Waals surface area (Å²) in [5.41, 5.74) is 2.95. The van der Waals surface area contributed by atoms with Crippen molar-refractivity contribution >= 4 is 27.8 Å². The highest BCUT2D eigenvalue weighted by atomic mass is 16.5. The minimum Gasteiger partial charge on any atom is -0.496 e. The van der Waals surface area contributed by atoms with Crippen LogP contribution < -0.4 is 9.64 Å². The van der Waals surface area contributed by atoms with Crippen LogP contribution >= 0.6 is 0 Å². The molecule has 1 N–H and O–H groups in total. The predicted octanol–water partition coefficient (Wildman–Crippen LogP) is 1.87. The molecule has 22 heavy (non-hydrogen) atoms. The number of ether oxygens (including phenoxy) is 1. The van der Waals surface area contributed by atoms with Gasteiger partial charge in [-0.2, -0.15) is 0 Å².